The Morgan fingerprint density at radius 2 is 2.11 bits per heavy atom. The standard InChI is InChI=1S/C17H21NO/c1-4-16(12(2)3)18-17(19)11-13-8-9-14-6-5-7-15(14)10-13/h1,8-10,12,16H,5-7,11H2,2-3H3,(H,18,19). The summed E-state index contributed by atoms with van der Waals surface area (Å²) in [6.45, 7) is 4.03. The van der Waals surface area contributed by atoms with Crippen LogP contribution in [0.25, 0.3) is 0 Å². The highest BCUT2D eigenvalue weighted by Gasteiger charge is 2.15. The van der Waals surface area contributed by atoms with Gasteiger partial charge >= 0.3 is 0 Å². The molecule has 0 bridgehead atoms. The predicted molar refractivity (Wildman–Crippen MR) is 77.8 cm³/mol. The summed E-state index contributed by atoms with van der Waals surface area (Å²) in [5.41, 5.74) is 3.92. The number of rotatable bonds is 4. The summed E-state index contributed by atoms with van der Waals surface area (Å²) in [7, 11) is 0. The Kier molecular flexibility index (Phi) is 4.27. The smallest absolute Gasteiger partial charge is 0.225 e. The van der Waals surface area contributed by atoms with Crippen molar-refractivity contribution in [3.05, 3.63) is 34.9 Å². The first-order chi connectivity index (χ1) is 9.10. The number of terminal acetylenes is 1. The Morgan fingerprint density at radius 1 is 1.37 bits per heavy atom. The Labute approximate surface area is 115 Å². The van der Waals surface area contributed by atoms with Gasteiger partial charge in [0.25, 0.3) is 0 Å². The van der Waals surface area contributed by atoms with E-state index >= 15 is 0 Å². The largest absolute Gasteiger partial charge is 0.342 e. The van der Waals surface area contributed by atoms with Gasteiger partial charge in [-0.15, -0.1) is 6.42 Å². The van der Waals surface area contributed by atoms with E-state index < -0.39 is 0 Å². The molecular weight excluding hydrogens is 234 g/mol. The van der Waals surface area contributed by atoms with Crippen LogP contribution in [0.4, 0.5) is 0 Å². The summed E-state index contributed by atoms with van der Waals surface area (Å²) >= 11 is 0. The van der Waals surface area contributed by atoms with Crippen molar-refractivity contribution in [3.63, 3.8) is 0 Å². The number of aryl methyl sites for hydroxylation is 2. The van der Waals surface area contributed by atoms with Gasteiger partial charge < -0.3 is 5.32 Å². The number of carbonyl (C=O) groups excluding carboxylic acids is 1. The number of carbonyl (C=O) groups is 1. The molecule has 0 heterocycles. The zero-order chi connectivity index (χ0) is 13.8. The molecule has 0 saturated carbocycles. The molecule has 1 atom stereocenters. The monoisotopic (exact) mass is 255 g/mol. The van der Waals surface area contributed by atoms with Crippen LogP contribution in [0.2, 0.25) is 0 Å². The number of hydrogen-bond acceptors (Lipinski definition) is 1. The van der Waals surface area contributed by atoms with E-state index in [9.17, 15) is 4.79 Å². The SMILES string of the molecule is C#CC(NC(=O)Cc1ccc2c(c1)CCC2)C(C)C. The third-order valence-electron chi connectivity index (χ3n) is 3.69. The molecule has 0 fully saturated rings. The van der Waals surface area contributed by atoms with E-state index in [0.717, 1.165) is 12.0 Å². The molecule has 100 valence electrons. The molecule has 0 aromatic heterocycles. The normalized spacial score (nSPS) is 14.8. The average Bonchev–Trinajstić information content (AvgIpc) is 2.82. The molecule has 1 aromatic carbocycles. The number of benzene rings is 1. The van der Waals surface area contributed by atoms with Crippen LogP contribution < -0.4 is 5.32 Å². The minimum atomic E-state index is -0.179. The number of fused-ring (bicyclic) bond motifs is 1. The lowest BCUT2D eigenvalue weighted by Gasteiger charge is -2.16. The zero-order valence-corrected chi connectivity index (χ0v) is 11.7. The first-order valence-corrected chi connectivity index (χ1v) is 6.96. The fourth-order valence-corrected chi connectivity index (χ4v) is 2.55. The van der Waals surface area contributed by atoms with Crippen molar-refractivity contribution in [2.24, 2.45) is 5.92 Å². The van der Waals surface area contributed by atoms with Crippen LogP contribution >= 0.6 is 0 Å². The van der Waals surface area contributed by atoms with Crippen molar-refractivity contribution in [1.29, 1.82) is 0 Å². The Morgan fingerprint density at radius 3 is 2.79 bits per heavy atom. The molecule has 1 aromatic rings. The molecular formula is C17H21NO. The van der Waals surface area contributed by atoms with Crippen LogP contribution in [0.3, 0.4) is 0 Å². The minimum Gasteiger partial charge on any atom is -0.342 e. The van der Waals surface area contributed by atoms with Gasteiger partial charge in [0.05, 0.1) is 12.5 Å². The summed E-state index contributed by atoms with van der Waals surface area (Å²) in [6, 6.07) is 6.21. The second kappa shape index (κ2) is 5.93. The van der Waals surface area contributed by atoms with Crippen molar-refractivity contribution in [1.82, 2.24) is 5.32 Å². The Balaban J connectivity index is 1.98. The maximum Gasteiger partial charge on any atom is 0.225 e. The summed E-state index contributed by atoms with van der Waals surface area (Å²) in [6.07, 6.45) is 9.39. The second-order valence-corrected chi connectivity index (χ2v) is 5.59. The van der Waals surface area contributed by atoms with Gasteiger partial charge in [-0.05, 0) is 41.9 Å². The quantitative estimate of drug-likeness (QED) is 0.823. The Bertz CT molecular complexity index is 510. The molecule has 0 aliphatic heterocycles. The van der Waals surface area contributed by atoms with Gasteiger partial charge in [-0.1, -0.05) is 38.0 Å². The topological polar surface area (TPSA) is 29.1 Å². The third-order valence-corrected chi connectivity index (χ3v) is 3.69. The lowest BCUT2D eigenvalue weighted by atomic mass is 10.0. The molecule has 2 nitrogen and oxygen atoms in total. The first kappa shape index (κ1) is 13.7. The van der Waals surface area contributed by atoms with E-state index in [1.807, 2.05) is 13.8 Å². The lowest BCUT2D eigenvalue weighted by Crippen LogP contribution is -2.38. The highest BCUT2D eigenvalue weighted by Crippen LogP contribution is 2.22. The van der Waals surface area contributed by atoms with E-state index in [-0.39, 0.29) is 17.9 Å². The van der Waals surface area contributed by atoms with Crippen LogP contribution in [0.15, 0.2) is 18.2 Å². The molecule has 1 aliphatic carbocycles. The number of hydrogen-bond donors (Lipinski definition) is 1. The van der Waals surface area contributed by atoms with E-state index in [2.05, 4.69) is 29.4 Å². The average molecular weight is 255 g/mol. The van der Waals surface area contributed by atoms with Crippen LogP contribution in [0.5, 0.6) is 0 Å². The van der Waals surface area contributed by atoms with Crippen molar-refractivity contribution >= 4 is 5.91 Å². The highest BCUT2D eigenvalue weighted by atomic mass is 16.1. The van der Waals surface area contributed by atoms with Gasteiger partial charge in [0.2, 0.25) is 5.91 Å². The summed E-state index contributed by atoms with van der Waals surface area (Å²) in [4.78, 5) is 12.0. The Hall–Kier alpha value is -1.75. The van der Waals surface area contributed by atoms with Crippen molar-refractivity contribution in [2.75, 3.05) is 0 Å². The van der Waals surface area contributed by atoms with Crippen molar-refractivity contribution in [2.45, 2.75) is 45.6 Å². The summed E-state index contributed by atoms with van der Waals surface area (Å²) in [5, 5.41) is 2.91. The molecule has 0 spiro atoms. The molecule has 1 N–H and O–H groups in total. The van der Waals surface area contributed by atoms with Gasteiger partial charge in [-0.25, -0.2) is 0 Å². The third kappa shape index (κ3) is 3.38. The molecule has 0 radical (unpaired) electrons. The summed E-state index contributed by atoms with van der Waals surface area (Å²) < 4.78 is 0. The maximum absolute atomic E-state index is 12.0. The number of nitrogens with one attached hydrogen (secondary N) is 1. The molecule has 1 aliphatic rings. The lowest BCUT2D eigenvalue weighted by molar-refractivity contribution is -0.121. The van der Waals surface area contributed by atoms with E-state index in [0.29, 0.717) is 6.42 Å². The zero-order valence-electron chi connectivity index (χ0n) is 11.7. The van der Waals surface area contributed by atoms with Gasteiger partial charge in [-0.2, -0.15) is 0 Å². The molecule has 0 saturated heterocycles. The molecule has 1 unspecified atom stereocenters. The first-order valence-electron chi connectivity index (χ1n) is 6.96. The molecule has 2 heteroatoms. The van der Waals surface area contributed by atoms with E-state index in [1.54, 1.807) is 0 Å². The maximum atomic E-state index is 12.0. The van der Waals surface area contributed by atoms with Gasteiger partial charge in [0, 0.05) is 0 Å². The summed E-state index contributed by atoms with van der Waals surface area (Å²) in [5.74, 6) is 2.90. The molecule has 1 amide bonds. The minimum absolute atomic E-state index is 0.00889. The van der Waals surface area contributed by atoms with Gasteiger partial charge in [0.1, 0.15) is 0 Å². The van der Waals surface area contributed by atoms with Crippen LogP contribution in [-0.4, -0.2) is 11.9 Å². The van der Waals surface area contributed by atoms with Crippen molar-refractivity contribution < 1.29 is 4.79 Å². The molecule has 2 rings (SSSR count). The molecule has 19 heavy (non-hydrogen) atoms. The van der Waals surface area contributed by atoms with Crippen LogP contribution in [0.1, 0.15) is 37.0 Å². The van der Waals surface area contributed by atoms with Crippen molar-refractivity contribution in [3.8, 4) is 12.3 Å². The van der Waals surface area contributed by atoms with Crippen LogP contribution in [0, 0.1) is 18.3 Å². The van der Waals surface area contributed by atoms with Gasteiger partial charge in [0.15, 0.2) is 0 Å². The number of amides is 1. The second-order valence-electron chi connectivity index (χ2n) is 5.59. The van der Waals surface area contributed by atoms with Gasteiger partial charge in [-0.3, -0.25) is 4.79 Å². The fourth-order valence-electron chi connectivity index (χ4n) is 2.55. The van der Waals surface area contributed by atoms with Crippen LogP contribution in [-0.2, 0) is 24.1 Å². The fraction of sp³-hybridized carbons (Fsp3) is 0.471. The predicted octanol–water partition coefficient (Wildman–Crippen LogP) is 2.49. The van der Waals surface area contributed by atoms with E-state index in [1.165, 1.54) is 24.0 Å². The van der Waals surface area contributed by atoms with E-state index in [4.69, 9.17) is 6.42 Å². The highest BCUT2D eigenvalue weighted by molar-refractivity contribution is 5.79.